The molecule has 0 aliphatic carbocycles. The monoisotopic (exact) mass is 334 g/mol. The van der Waals surface area contributed by atoms with Crippen LogP contribution in [0.3, 0.4) is 0 Å². The molecular weight excluding hydrogens is 308 g/mol. The van der Waals surface area contributed by atoms with Gasteiger partial charge in [0.25, 0.3) is 0 Å². The van der Waals surface area contributed by atoms with E-state index in [1.165, 1.54) is 0 Å². The number of hydrogen-bond donors (Lipinski definition) is 0. The zero-order valence-electron chi connectivity index (χ0n) is 14.7. The summed E-state index contributed by atoms with van der Waals surface area (Å²) in [4.78, 5) is 29.4. The Morgan fingerprint density at radius 2 is 1.96 bits per heavy atom. The first-order valence-electron chi connectivity index (χ1n) is 8.60. The summed E-state index contributed by atoms with van der Waals surface area (Å²) in [5, 5.41) is 4.36. The molecule has 0 saturated carbocycles. The summed E-state index contributed by atoms with van der Waals surface area (Å²) >= 11 is 0. The van der Waals surface area contributed by atoms with Gasteiger partial charge in [-0.25, -0.2) is 0 Å². The molecule has 1 unspecified atom stereocenters. The van der Waals surface area contributed by atoms with Crippen LogP contribution < -0.4 is 0 Å². The summed E-state index contributed by atoms with van der Waals surface area (Å²) in [5.41, 5.74) is 1.11. The molecule has 0 spiro atoms. The van der Waals surface area contributed by atoms with Crippen LogP contribution in [0.2, 0.25) is 0 Å². The molecule has 1 atom stereocenters. The van der Waals surface area contributed by atoms with E-state index in [9.17, 15) is 9.59 Å². The van der Waals surface area contributed by atoms with Crippen LogP contribution in [0.25, 0.3) is 0 Å². The normalized spacial score (nSPS) is 24.5. The molecule has 7 heteroatoms. The highest BCUT2D eigenvalue weighted by Crippen LogP contribution is 2.31. The van der Waals surface area contributed by atoms with Crippen LogP contribution in [0.5, 0.6) is 0 Å². The van der Waals surface area contributed by atoms with Crippen molar-refractivity contribution in [3.05, 3.63) is 17.5 Å². The van der Waals surface area contributed by atoms with Crippen LogP contribution in [0.1, 0.15) is 31.2 Å². The van der Waals surface area contributed by atoms with Gasteiger partial charge in [-0.05, 0) is 39.7 Å². The lowest BCUT2D eigenvalue weighted by Gasteiger charge is -2.39. The van der Waals surface area contributed by atoms with Crippen LogP contribution in [-0.4, -0.2) is 69.8 Å². The van der Waals surface area contributed by atoms with Gasteiger partial charge in [0.05, 0.1) is 18.9 Å². The molecule has 2 fully saturated rings. The van der Waals surface area contributed by atoms with Gasteiger partial charge in [0.2, 0.25) is 11.8 Å². The summed E-state index contributed by atoms with van der Waals surface area (Å²) in [5.74, 6) is 0.00725. The van der Waals surface area contributed by atoms with Crippen molar-refractivity contribution >= 4 is 11.8 Å². The molecule has 2 saturated heterocycles. The second-order valence-corrected chi connectivity index (χ2v) is 6.91. The van der Waals surface area contributed by atoms with Gasteiger partial charge < -0.3 is 14.5 Å². The van der Waals surface area contributed by atoms with E-state index in [1.54, 1.807) is 9.58 Å². The third-order valence-electron chi connectivity index (χ3n) is 5.09. The van der Waals surface area contributed by atoms with Crippen LogP contribution in [0, 0.1) is 13.8 Å². The van der Waals surface area contributed by atoms with Gasteiger partial charge in [0.15, 0.2) is 0 Å². The molecule has 0 aromatic carbocycles. The zero-order chi connectivity index (χ0) is 17.3. The third kappa shape index (κ3) is 3.05. The number of carbonyl (C=O) groups is 2. The fourth-order valence-corrected chi connectivity index (χ4v) is 3.74. The average molecular weight is 334 g/mol. The molecule has 1 aromatic rings. The largest absolute Gasteiger partial charge is 0.378 e. The maximum atomic E-state index is 13.0. The van der Waals surface area contributed by atoms with Crippen LogP contribution in [-0.2, 0) is 20.9 Å². The molecular formula is C17H26N4O3. The number of morpholine rings is 1. The minimum absolute atomic E-state index is 0.0391. The predicted molar refractivity (Wildman–Crippen MR) is 88.5 cm³/mol. The Morgan fingerprint density at radius 3 is 2.58 bits per heavy atom. The molecule has 1 aromatic heterocycles. The Balaban J connectivity index is 1.74. The minimum atomic E-state index is -0.746. The molecule has 0 N–H and O–H groups in total. The topological polar surface area (TPSA) is 67.7 Å². The van der Waals surface area contributed by atoms with Gasteiger partial charge in [0.1, 0.15) is 12.1 Å². The van der Waals surface area contributed by atoms with Crippen molar-refractivity contribution in [1.82, 2.24) is 19.6 Å². The first-order chi connectivity index (χ1) is 11.4. The van der Waals surface area contributed by atoms with Crippen molar-refractivity contribution in [2.45, 2.75) is 45.7 Å². The molecule has 3 heterocycles. The third-order valence-corrected chi connectivity index (χ3v) is 5.09. The second kappa shape index (κ2) is 6.55. The molecule has 24 heavy (non-hydrogen) atoms. The minimum Gasteiger partial charge on any atom is -0.378 e. The predicted octanol–water partition coefficient (Wildman–Crippen LogP) is 0.740. The highest BCUT2D eigenvalue weighted by Gasteiger charge is 2.47. The van der Waals surface area contributed by atoms with E-state index in [4.69, 9.17) is 4.74 Å². The maximum Gasteiger partial charge on any atom is 0.248 e. The summed E-state index contributed by atoms with van der Waals surface area (Å²) < 4.78 is 7.05. The average Bonchev–Trinajstić information content (AvgIpc) is 3.10. The Morgan fingerprint density at radius 1 is 1.25 bits per heavy atom. The van der Waals surface area contributed by atoms with E-state index in [0.717, 1.165) is 17.8 Å². The van der Waals surface area contributed by atoms with Crippen LogP contribution in [0.15, 0.2) is 6.07 Å². The summed E-state index contributed by atoms with van der Waals surface area (Å²) in [6.45, 7) is 8.92. The molecule has 0 radical (unpaired) electrons. The summed E-state index contributed by atoms with van der Waals surface area (Å²) in [7, 11) is 0. The number of likely N-dealkylation sites (tertiary alicyclic amines) is 1. The van der Waals surface area contributed by atoms with E-state index in [2.05, 4.69) is 5.10 Å². The van der Waals surface area contributed by atoms with Gasteiger partial charge in [0, 0.05) is 25.3 Å². The van der Waals surface area contributed by atoms with Gasteiger partial charge in [-0.15, -0.1) is 0 Å². The molecule has 0 bridgehead atoms. The number of aryl methyl sites for hydroxylation is 2. The van der Waals surface area contributed by atoms with Gasteiger partial charge in [-0.3, -0.25) is 14.3 Å². The molecule has 2 amide bonds. The Kier molecular flexibility index (Phi) is 4.62. The Labute approximate surface area is 142 Å². The number of amides is 2. The molecule has 132 valence electrons. The number of aromatic nitrogens is 2. The van der Waals surface area contributed by atoms with Crippen molar-refractivity contribution < 1.29 is 14.3 Å². The molecule has 2 aliphatic heterocycles. The number of rotatable bonds is 3. The quantitative estimate of drug-likeness (QED) is 0.818. The SMILES string of the molecule is Cc1cc(C)n(CC(=O)N2CCCC2(C)C(=O)N2CCOCC2)n1. The molecule has 2 aliphatic rings. The first-order valence-corrected chi connectivity index (χ1v) is 8.60. The van der Waals surface area contributed by atoms with Crippen molar-refractivity contribution in [3.8, 4) is 0 Å². The van der Waals surface area contributed by atoms with Gasteiger partial charge in [-0.1, -0.05) is 0 Å². The lowest BCUT2D eigenvalue weighted by atomic mass is 9.96. The van der Waals surface area contributed by atoms with Crippen LogP contribution >= 0.6 is 0 Å². The summed E-state index contributed by atoms with van der Waals surface area (Å²) in [6, 6.07) is 1.95. The lowest BCUT2D eigenvalue weighted by Crippen LogP contribution is -2.58. The number of hydrogen-bond acceptors (Lipinski definition) is 4. The lowest BCUT2D eigenvalue weighted by molar-refractivity contribution is -0.153. The highest BCUT2D eigenvalue weighted by molar-refractivity contribution is 5.91. The van der Waals surface area contributed by atoms with E-state index in [0.29, 0.717) is 39.3 Å². The fourth-order valence-electron chi connectivity index (χ4n) is 3.74. The van der Waals surface area contributed by atoms with Crippen molar-refractivity contribution in [2.75, 3.05) is 32.8 Å². The van der Waals surface area contributed by atoms with Crippen molar-refractivity contribution in [1.29, 1.82) is 0 Å². The Bertz CT molecular complexity index is 636. The van der Waals surface area contributed by atoms with E-state index in [-0.39, 0.29) is 18.4 Å². The smallest absolute Gasteiger partial charge is 0.248 e. The molecule has 3 rings (SSSR count). The van der Waals surface area contributed by atoms with Crippen molar-refractivity contribution in [3.63, 3.8) is 0 Å². The zero-order valence-corrected chi connectivity index (χ0v) is 14.7. The summed E-state index contributed by atoms with van der Waals surface area (Å²) in [6.07, 6.45) is 1.57. The van der Waals surface area contributed by atoms with E-state index in [1.807, 2.05) is 31.7 Å². The number of carbonyl (C=O) groups excluding carboxylic acids is 2. The number of nitrogens with zero attached hydrogens (tertiary/aromatic N) is 4. The second-order valence-electron chi connectivity index (χ2n) is 6.91. The van der Waals surface area contributed by atoms with Gasteiger partial charge in [-0.2, -0.15) is 5.10 Å². The maximum absolute atomic E-state index is 13.0. The van der Waals surface area contributed by atoms with Gasteiger partial charge >= 0.3 is 0 Å². The Hall–Kier alpha value is -1.89. The first kappa shape index (κ1) is 17.0. The highest BCUT2D eigenvalue weighted by atomic mass is 16.5. The van der Waals surface area contributed by atoms with E-state index < -0.39 is 5.54 Å². The standard InChI is InChI=1S/C17H26N4O3/c1-13-11-14(2)21(18-13)12-15(22)20-6-4-5-17(20,3)16(23)19-7-9-24-10-8-19/h11H,4-10,12H2,1-3H3. The van der Waals surface area contributed by atoms with Crippen molar-refractivity contribution in [2.24, 2.45) is 0 Å². The fraction of sp³-hybridized carbons (Fsp3) is 0.706. The molecule has 7 nitrogen and oxygen atoms in total. The number of ether oxygens (including phenoxy) is 1. The van der Waals surface area contributed by atoms with Crippen LogP contribution in [0.4, 0.5) is 0 Å². The van der Waals surface area contributed by atoms with E-state index >= 15 is 0 Å².